The molecule has 5 nitrogen and oxygen atoms in total. The second-order valence-electron chi connectivity index (χ2n) is 4.72. The summed E-state index contributed by atoms with van der Waals surface area (Å²) in [4.78, 5) is 12.2. The van der Waals surface area contributed by atoms with Crippen LogP contribution in [0.2, 0.25) is 5.02 Å². The van der Waals surface area contributed by atoms with Crippen LogP contribution in [0.1, 0.15) is 12.8 Å². The van der Waals surface area contributed by atoms with E-state index >= 15 is 0 Å². The van der Waals surface area contributed by atoms with Crippen LogP contribution >= 0.6 is 11.6 Å². The van der Waals surface area contributed by atoms with Gasteiger partial charge in [-0.1, -0.05) is 11.6 Å². The van der Waals surface area contributed by atoms with Gasteiger partial charge in [-0.2, -0.15) is 0 Å². The summed E-state index contributed by atoms with van der Waals surface area (Å²) in [5.41, 5.74) is 1.57. The van der Waals surface area contributed by atoms with Gasteiger partial charge in [-0.25, -0.2) is 0 Å². The Balaban J connectivity index is 2.03. The van der Waals surface area contributed by atoms with Gasteiger partial charge in [-0.15, -0.1) is 0 Å². The molecule has 2 aliphatic rings. The van der Waals surface area contributed by atoms with Crippen molar-refractivity contribution in [2.45, 2.75) is 12.8 Å². The fourth-order valence-electron chi connectivity index (χ4n) is 2.43. The molecule has 1 aromatic rings. The molecule has 2 N–H and O–H groups in total. The van der Waals surface area contributed by atoms with Crippen LogP contribution in [0, 0.1) is 0 Å². The number of ether oxygens (including phenoxy) is 2. The van der Waals surface area contributed by atoms with E-state index < -0.39 is 0 Å². The van der Waals surface area contributed by atoms with Gasteiger partial charge >= 0.3 is 0 Å². The van der Waals surface area contributed by atoms with Gasteiger partial charge in [-0.3, -0.25) is 4.79 Å². The highest BCUT2D eigenvalue weighted by molar-refractivity contribution is 6.31. The van der Waals surface area contributed by atoms with Gasteiger partial charge in [0.2, 0.25) is 0 Å². The zero-order chi connectivity index (χ0) is 14.1. The summed E-state index contributed by atoms with van der Waals surface area (Å²) in [7, 11) is 1.54. The zero-order valence-corrected chi connectivity index (χ0v) is 11.8. The molecule has 0 spiro atoms. The second kappa shape index (κ2) is 5.34. The average molecular weight is 295 g/mol. The maximum absolute atomic E-state index is 12.2. The van der Waals surface area contributed by atoms with Crippen molar-refractivity contribution in [3.05, 3.63) is 28.5 Å². The first-order valence-corrected chi connectivity index (χ1v) is 6.86. The van der Waals surface area contributed by atoms with E-state index in [0.717, 1.165) is 31.5 Å². The van der Waals surface area contributed by atoms with Crippen LogP contribution in [0.5, 0.6) is 11.5 Å². The number of rotatable bonds is 1. The Morgan fingerprint density at radius 3 is 2.75 bits per heavy atom. The molecule has 2 heterocycles. The van der Waals surface area contributed by atoms with E-state index in [0.29, 0.717) is 28.0 Å². The molecule has 1 fully saturated rings. The quantitative estimate of drug-likeness (QED) is 0.781. The van der Waals surface area contributed by atoms with Crippen molar-refractivity contribution in [1.82, 2.24) is 5.32 Å². The number of carbonyl (C=O) groups is 1. The van der Waals surface area contributed by atoms with Crippen molar-refractivity contribution in [2.24, 2.45) is 0 Å². The molecule has 2 aliphatic heterocycles. The van der Waals surface area contributed by atoms with E-state index in [2.05, 4.69) is 10.6 Å². The molecule has 20 heavy (non-hydrogen) atoms. The SMILES string of the molecule is COc1cc(Cl)cc2c1OC(=C1CCNCC1)C(=O)N2. The number of amides is 1. The summed E-state index contributed by atoms with van der Waals surface area (Å²) >= 11 is 5.99. The standard InChI is InChI=1S/C14H15ClN2O3/c1-19-11-7-9(15)6-10-13(11)20-12(14(18)17-10)8-2-4-16-5-3-8/h6-7,16H,2-5H2,1H3,(H,17,18). The number of benzene rings is 1. The number of hydrogen-bond acceptors (Lipinski definition) is 4. The summed E-state index contributed by atoms with van der Waals surface area (Å²) in [6.07, 6.45) is 1.63. The molecule has 6 heteroatoms. The molecule has 0 aliphatic carbocycles. The largest absolute Gasteiger partial charge is 0.493 e. The average Bonchev–Trinajstić information content (AvgIpc) is 2.46. The molecule has 0 radical (unpaired) electrons. The van der Waals surface area contributed by atoms with Gasteiger partial charge in [0.15, 0.2) is 17.3 Å². The van der Waals surface area contributed by atoms with Crippen molar-refractivity contribution in [3.63, 3.8) is 0 Å². The van der Waals surface area contributed by atoms with Crippen LogP contribution in [-0.2, 0) is 4.79 Å². The van der Waals surface area contributed by atoms with Gasteiger partial charge in [0, 0.05) is 11.1 Å². The smallest absolute Gasteiger partial charge is 0.291 e. The minimum absolute atomic E-state index is 0.223. The third kappa shape index (κ3) is 2.34. The number of hydrogen-bond donors (Lipinski definition) is 2. The molecule has 106 valence electrons. The first-order chi connectivity index (χ1) is 9.69. The number of methoxy groups -OCH3 is 1. The van der Waals surface area contributed by atoms with E-state index in [4.69, 9.17) is 21.1 Å². The van der Waals surface area contributed by atoms with Crippen LogP contribution in [-0.4, -0.2) is 26.1 Å². The summed E-state index contributed by atoms with van der Waals surface area (Å²) in [6.45, 7) is 1.72. The predicted molar refractivity (Wildman–Crippen MR) is 76.4 cm³/mol. The van der Waals surface area contributed by atoms with Crippen LogP contribution in [0.4, 0.5) is 5.69 Å². The number of nitrogens with one attached hydrogen (secondary N) is 2. The molecule has 0 atom stereocenters. The highest BCUT2D eigenvalue weighted by atomic mass is 35.5. The predicted octanol–water partition coefficient (Wildman–Crippen LogP) is 2.32. The fraction of sp³-hybridized carbons (Fsp3) is 0.357. The highest BCUT2D eigenvalue weighted by Gasteiger charge is 2.28. The molecule has 3 rings (SSSR count). The summed E-state index contributed by atoms with van der Waals surface area (Å²) in [5, 5.41) is 6.56. The first kappa shape index (κ1) is 13.3. The van der Waals surface area contributed by atoms with Gasteiger partial charge in [0.1, 0.15) is 0 Å². The zero-order valence-electron chi connectivity index (χ0n) is 11.1. The van der Waals surface area contributed by atoms with Crippen molar-refractivity contribution in [3.8, 4) is 11.5 Å². The lowest BCUT2D eigenvalue weighted by molar-refractivity contribution is -0.115. The number of fused-ring (bicyclic) bond motifs is 1. The lowest BCUT2D eigenvalue weighted by Crippen LogP contribution is -2.30. The second-order valence-corrected chi connectivity index (χ2v) is 5.16. The van der Waals surface area contributed by atoms with Gasteiger partial charge in [-0.05, 0) is 37.6 Å². The highest BCUT2D eigenvalue weighted by Crippen LogP contribution is 2.42. The van der Waals surface area contributed by atoms with Crippen molar-refractivity contribution >= 4 is 23.2 Å². The van der Waals surface area contributed by atoms with Crippen molar-refractivity contribution in [1.29, 1.82) is 0 Å². The molecular formula is C14H15ClN2O3. The van der Waals surface area contributed by atoms with Crippen molar-refractivity contribution < 1.29 is 14.3 Å². The first-order valence-electron chi connectivity index (χ1n) is 6.48. The van der Waals surface area contributed by atoms with Crippen molar-refractivity contribution in [2.75, 3.05) is 25.5 Å². The number of piperidine rings is 1. The topological polar surface area (TPSA) is 59.6 Å². The van der Waals surface area contributed by atoms with Crippen LogP contribution in [0.3, 0.4) is 0 Å². The molecule has 1 aromatic carbocycles. The summed E-state index contributed by atoms with van der Waals surface area (Å²) in [5.74, 6) is 1.19. The van der Waals surface area contributed by atoms with Gasteiger partial charge in [0.25, 0.3) is 5.91 Å². The van der Waals surface area contributed by atoms with E-state index in [1.54, 1.807) is 19.2 Å². The third-order valence-corrected chi connectivity index (χ3v) is 3.64. The Morgan fingerprint density at radius 1 is 1.30 bits per heavy atom. The number of halogens is 1. The normalized spacial score (nSPS) is 18.2. The number of anilines is 1. The monoisotopic (exact) mass is 294 g/mol. The van der Waals surface area contributed by atoms with E-state index in [9.17, 15) is 4.79 Å². The Bertz CT molecular complexity index is 590. The van der Waals surface area contributed by atoms with E-state index in [-0.39, 0.29) is 5.91 Å². The van der Waals surface area contributed by atoms with E-state index in [1.165, 1.54) is 0 Å². The molecule has 1 saturated heterocycles. The minimum atomic E-state index is -0.223. The maximum Gasteiger partial charge on any atom is 0.291 e. The summed E-state index contributed by atoms with van der Waals surface area (Å²) in [6, 6.07) is 3.32. The fourth-order valence-corrected chi connectivity index (χ4v) is 2.64. The third-order valence-electron chi connectivity index (χ3n) is 3.43. The Labute approximate surface area is 121 Å². The summed E-state index contributed by atoms with van der Waals surface area (Å²) < 4.78 is 11.1. The molecule has 0 unspecified atom stereocenters. The Kier molecular flexibility index (Phi) is 3.54. The molecule has 0 aromatic heterocycles. The van der Waals surface area contributed by atoms with Gasteiger partial charge < -0.3 is 20.1 Å². The van der Waals surface area contributed by atoms with Crippen LogP contribution < -0.4 is 20.1 Å². The Morgan fingerprint density at radius 2 is 2.05 bits per heavy atom. The molecular weight excluding hydrogens is 280 g/mol. The lowest BCUT2D eigenvalue weighted by Gasteiger charge is -2.26. The van der Waals surface area contributed by atoms with E-state index in [1.807, 2.05) is 0 Å². The minimum Gasteiger partial charge on any atom is -0.493 e. The van der Waals surface area contributed by atoms with Crippen LogP contribution in [0.15, 0.2) is 23.5 Å². The molecule has 0 saturated carbocycles. The van der Waals surface area contributed by atoms with Crippen LogP contribution in [0.25, 0.3) is 0 Å². The van der Waals surface area contributed by atoms with Gasteiger partial charge in [0.05, 0.1) is 12.8 Å². The molecule has 0 bridgehead atoms. The molecule has 1 amide bonds. The Hall–Kier alpha value is -1.72. The lowest BCUT2D eigenvalue weighted by atomic mass is 10.0. The maximum atomic E-state index is 12.2. The number of carbonyl (C=O) groups excluding carboxylic acids is 1.